The number of rotatable bonds is 5. The summed E-state index contributed by atoms with van der Waals surface area (Å²) in [6.45, 7) is 1.22. The zero-order chi connectivity index (χ0) is 13.0. The minimum atomic E-state index is -1.03. The van der Waals surface area contributed by atoms with E-state index < -0.39 is 5.97 Å². The highest BCUT2D eigenvalue weighted by Gasteiger charge is 2.17. The van der Waals surface area contributed by atoms with Gasteiger partial charge in [0.05, 0.1) is 18.4 Å². The second kappa shape index (κ2) is 5.73. The molecule has 1 aliphatic heterocycles. The number of nitrogen functional groups attached to an aromatic ring is 1. The van der Waals surface area contributed by atoms with Gasteiger partial charge in [-0.3, -0.25) is 0 Å². The highest BCUT2D eigenvalue weighted by atomic mass is 16.5. The number of anilines is 1. The maximum Gasteiger partial charge on any atom is 0.339 e. The second-order valence-electron chi connectivity index (χ2n) is 4.30. The summed E-state index contributed by atoms with van der Waals surface area (Å²) in [5, 5.41) is 9.04. The van der Waals surface area contributed by atoms with Crippen LogP contribution in [0.15, 0.2) is 18.2 Å². The van der Waals surface area contributed by atoms with Crippen LogP contribution >= 0.6 is 0 Å². The van der Waals surface area contributed by atoms with Gasteiger partial charge in [-0.1, -0.05) is 6.07 Å². The van der Waals surface area contributed by atoms with E-state index in [2.05, 4.69) is 0 Å². The first-order chi connectivity index (χ1) is 8.68. The number of carboxylic acid groups (broad SMARTS) is 1. The van der Waals surface area contributed by atoms with E-state index in [1.165, 1.54) is 6.07 Å². The molecule has 0 radical (unpaired) electrons. The molecule has 1 aromatic carbocycles. The Kier molecular flexibility index (Phi) is 4.04. The van der Waals surface area contributed by atoms with Crippen LogP contribution < -0.4 is 10.5 Å². The van der Waals surface area contributed by atoms with Crippen LogP contribution in [0.5, 0.6) is 5.75 Å². The third kappa shape index (κ3) is 2.92. The van der Waals surface area contributed by atoms with E-state index in [0.717, 1.165) is 25.9 Å². The number of hydrogen-bond acceptors (Lipinski definition) is 4. The molecule has 1 aliphatic rings. The Labute approximate surface area is 106 Å². The molecule has 0 aliphatic carbocycles. The number of hydrogen-bond donors (Lipinski definition) is 2. The minimum absolute atomic E-state index is 0.0994. The maximum atomic E-state index is 11.0. The molecule has 5 nitrogen and oxygen atoms in total. The lowest BCUT2D eigenvalue weighted by atomic mass is 10.1. The number of benzene rings is 1. The maximum absolute atomic E-state index is 11.0. The second-order valence-corrected chi connectivity index (χ2v) is 4.30. The van der Waals surface area contributed by atoms with Gasteiger partial charge in [-0.05, 0) is 25.0 Å². The van der Waals surface area contributed by atoms with Crippen molar-refractivity contribution in [2.24, 2.45) is 0 Å². The average Bonchev–Trinajstić information content (AvgIpc) is 2.84. The van der Waals surface area contributed by atoms with Gasteiger partial charge in [0.15, 0.2) is 5.75 Å². The fourth-order valence-electron chi connectivity index (χ4n) is 2.05. The number of nitrogens with two attached hydrogens (primary N) is 1. The molecule has 18 heavy (non-hydrogen) atoms. The van der Waals surface area contributed by atoms with E-state index in [1.807, 2.05) is 0 Å². The van der Waals surface area contributed by atoms with Gasteiger partial charge in [-0.15, -0.1) is 0 Å². The molecule has 5 heteroatoms. The lowest BCUT2D eigenvalue weighted by Crippen LogP contribution is -2.13. The summed E-state index contributed by atoms with van der Waals surface area (Å²) in [6, 6.07) is 4.72. The quantitative estimate of drug-likeness (QED) is 0.781. The zero-order valence-corrected chi connectivity index (χ0v) is 10.1. The monoisotopic (exact) mass is 251 g/mol. The molecule has 3 N–H and O–H groups in total. The Balaban J connectivity index is 1.97. The first-order valence-corrected chi connectivity index (χ1v) is 6.04. The van der Waals surface area contributed by atoms with E-state index in [-0.39, 0.29) is 17.4 Å². The van der Waals surface area contributed by atoms with E-state index >= 15 is 0 Å². The third-order valence-corrected chi connectivity index (χ3v) is 2.99. The van der Waals surface area contributed by atoms with Crippen molar-refractivity contribution in [2.45, 2.75) is 25.4 Å². The van der Waals surface area contributed by atoms with Crippen LogP contribution in [0, 0.1) is 0 Å². The molecule has 0 bridgehead atoms. The molecule has 0 aromatic heterocycles. The number of ether oxygens (including phenoxy) is 2. The Hall–Kier alpha value is -1.75. The molecule has 0 amide bonds. The van der Waals surface area contributed by atoms with Crippen LogP contribution in [0.25, 0.3) is 0 Å². The minimum Gasteiger partial charge on any atom is -0.490 e. The summed E-state index contributed by atoms with van der Waals surface area (Å²) in [5.74, 6) is -0.780. The Morgan fingerprint density at radius 1 is 1.56 bits per heavy atom. The van der Waals surface area contributed by atoms with Crippen LogP contribution in [-0.4, -0.2) is 30.4 Å². The Morgan fingerprint density at radius 3 is 3.06 bits per heavy atom. The molecule has 0 spiro atoms. The van der Waals surface area contributed by atoms with E-state index in [9.17, 15) is 4.79 Å². The van der Waals surface area contributed by atoms with Gasteiger partial charge in [0.25, 0.3) is 0 Å². The lowest BCUT2D eigenvalue weighted by molar-refractivity contribution is 0.0689. The van der Waals surface area contributed by atoms with Gasteiger partial charge in [0.1, 0.15) is 5.56 Å². The van der Waals surface area contributed by atoms with Crippen molar-refractivity contribution in [3.05, 3.63) is 23.8 Å². The molecule has 2 rings (SSSR count). The molecule has 1 heterocycles. The van der Waals surface area contributed by atoms with E-state index in [1.54, 1.807) is 12.1 Å². The van der Waals surface area contributed by atoms with E-state index in [0.29, 0.717) is 12.3 Å². The summed E-state index contributed by atoms with van der Waals surface area (Å²) in [5.41, 5.74) is 6.18. The van der Waals surface area contributed by atoms with Gasteiger partial charge in [0.2, 0.25) is 0 Å². The molecular weight excluding hydrogens is 234 g/mol. The topological polar surface area (TPSA) is 81.8 Å². The highest BCUT2D eigenvalue weighted by Crippen LogP contribution is 2.27. The van der Waals surface area contributed by atoms with Gasteiger partial charge in [-0.25, -0.2) is 4.79 Å². The van der Waals surface area contributed by atoms with Crippen molar-refractivity contribution in [3.63, 3.8) is 0 Å². The molecular formula is C13H17NO4. The molecule has 1 saturated heterocycles. The first-order valence-electron chi connectivity index (χ1n) is 6.04. The fourth-order valence-corrected chi connectivity index (χ4v) is 2.05. The molecule has 98 valence electrons. The lowest BCUT2D eigenvalue weighted by Gasteiger charge is -2.13. The summed E-state index contributed by atoms with van der Waals surface area (Å²) < 4.78 is 11.0. The number of carboxylic acids is 1. The molecule has 0 saturated carbocycles. The fraction of sp³-hybridized carbons (Fsp3) is 0.462. The van der Waals surface area contributed by atoms with Crippen LogP contribution in [0.2, 0.25) is 0 Å². The summed E-state index contributed by atoms with van der Waals surface area (Å²) in [6.07, 6.45) is 3.11. The van der Waals surface area contributed by atoms with Crippen LogP contribution in [0.3, 0.4) is 0 Å². The van der Waals surface area contributed by atoms with Gasteiger partial charge >= 0.3 is 5.97 Å². The number of aromatic carboxylic acids is 1. The number of para-hydroxylation sites is 1. The van der Waals surface area contributed by atoms with Crippen molar-refractivity contribution in [2.75, 3.05) is 18.9 Å². The smallest absolute Gasteiger partial charge is 0.339 e. The predicted octanol–water partition coefficient (Wildman–Crippen LogP) is 1.91. The van der Waals surface area contributed by atoms with Gasteiger partial charge in [-0.2, -0.15) is 0 Å². The summed E-state index contributed by atoms with van der Waals surface area (Å²) in [7, 11) is 0. The van der Waals surface area contributed by atoms with Gasteiger partial charge in [0, 0.05) is 13.0 Å². The largest absolute Gasteiger partial charge is 0.490 e. The Bertz CT molecular complexity index is 427. The highest BCUT2D eigenvalue weighted by molar-refractivity contribution is 5.93. The molecule has 1 aromatic rings. The van der Waals surface area contributed by atoms with Crippen molar-refractivity contribution in [3.8, 4) is 5.75 Å². The first kappa shape index (κ1) is 12.7. The summed E-state index contributed by atoms with van der Waals surface area (Å²) >= 11 is 0. The van der Waals surface area contributed by atoms with Crippen LogP contribution in [0.1, 0.15) is 29.6 Å². The molecule has 1 unspecified atom stereocenters. The normalized spacial score (nSPS) is 18.8. The third-order valence-electron chi connectivity index (χ3n) is 2.99. The van der Waals surface area contributed by atoms with Gasteiger partial charge < -0.3 is 20.3 Å². The van der Waals surface area contributed by atoms with Crippen LogP contribution in [0.4, 0.5) is 5.69 Å². The van der Waals surface area contributed by atoms with Crippen molar-refractivity contribution < 1.29 is 19.4 Å². The van der Waals surface area contributed by atoms with Crippen molar-refractivity contribution in [1.82, 2.24) is 0 Å². The average molecular weight is 251 g/mol. The van der Waals surface area contributed by atoms with E-state index in [4.69, 9.17) is 20.3 Å². The standard InChI is InChI=1S/C13H17NO4/c14-11-5-1-4-10(13(15)16)12(11)18-8-6-9-3-2-7-17-9/h1,4-5,9H,2-3,6-8,14H2,(H,15,16). The predicted molar refractivity (Wildman–Crippen MR) is 66.9 cm³/mol. The van der Waals surface area contributed by atoms with Crippen molar-refractivity contribution in [1.29, 1.82) is 0 Å². The zero-order valence-electron chi connectivity index (χ0n) is 10.1. The van der Waals surface area contributed by atoms with Crippen LogP contribution in [-0.2, 0) is 4.74 Å². The Morgan fingerprint density at radius 2 is 2.39 bits per heavy atom. The summed E-state index contributed by atoms with van der Waals surface area (Å²) in [4.78, 5) is 11.0. The molecule has 1 atom stereocenters. The molecule has 1 fully saturated rings. The SMILES string of the molecule is Nc1cccc(C(=O)O)c1OCCC1CCCO1. The number of carbonyl (C=O) groups is 1. The van der Waals surface area contributed by atoms with Crippen molar-refractivity contribution >= 4 is 11.7 Å².